The Hall–Kier alpha value is -1.75. The van der Waals surface area contributed by atoms with Gasteiger partial charge >= 0.3 is 0 Å². The molecule has 1 fully saturated rings. The van der Waals surface area contributed by atoms with E-state index in [0.29, 0.717) is 19.5 Å². The van der Waals surface area contributed by atoms with Crippen LogP contribution in [0.4, 0.5) is 0 Å². The molecule has 5 rings (SSSR count). The molecule has 38 heavy (non-hydrogen) atoms. The number of halogens is 2. The fraction of sp³-hybridized carbons (Fsp3) is 0.250. The Bertz CT molecular complexity index is 1230. The minimum absolute atomic E-state index is 0.158. The first-order valence-electron chi connectivity index (χ1n) is 13.0. The molecule has 4 aromatic carbocycles. The van der Waals surface area contributed by atoms with Crippen LogP contribution in [0.2, 0.25) is 0 Å². The SMILES string of the molecule is Ic1cc(COc2ccc([S+](c3ccccc3)c3ccccc3)cc2)cc(I)c1OCOC1CCCCC1. The van der Waals surface area contributed by atoms with Crippen molar-refractivity contribution in [2.45, 2.75) is 59.5 Å². The molecule has 196 valence electrons. The number of benzene rings is 4. The van der Waals surface area contributed by atoms with Gasteiger partial charge in [-0.3, -0.25) is 0 Å². The van der Waals surface area contributed by atoms with E-state index < -0.39 is 0 Å². The Labute approximate surface area is 255 Å². The maximum atomic E-state index is 6.18. The molecule has 0 radical (unpaired) electrons. The lowest BCUT2D eigenvalue weighted by atomic mass is 9.98. The first-order valence-corrected chi connectivity index (χ1v) is 16.4. The largest absolute Gasteiger partial charge is 0.489 e. The summed E-state index contributed by atoms with van der Waals surface area (Å²) in [5, 5.41) is 0. The van der Waals surface area contributed by atoms with Gasteiger partial charge in [-0.25, -0.2) is 0 Å². The summed E-state index contributed by atoms with van der Waals surface area (Å²) in [6, 6.07) is 34.2. The summed E-state index contributed by atoms with van der Waals surface area (Å²) in [7, 11) is -0.158. The molecule has 0 heterocycles. The first kappa shape index (κ1) is 27.8. The maximum Gasteiger partial charge on any atom is 0.189 e. The third-order valence-electron chi connectivity index (χ3n) is 6.54. The molecule has 4 aromatic rings. The average Bonchev–Trinajstić information content (AvgIpc) is 2.96. The zero-order valence-corrected chi connectivity index (χ0v) is 26.3. The van der Waals surface area contributed by atoms with Crippen molar-refractivity contribution in [1.82, 2.24) is 0 Å². The second-order valence-electron chi connectivity index (χ2n) is 9.27. The standard InChI is InChI=1S/C32H31I2O3S/c33-30-20-24(21-31(34)32(30)37-23-36-25-10-4-1-5-11-25)22-35-26-16-18-29(19-17-26)38(27-12-6-2-7-13-27)28-14-8-3-9-15-28/h2-3,6-9,12-21,25H,1,4-5,10-11,22-23H2/q+1. The molecule has 1 aliphatic rings. The van der Waals surface area contributed by atoms with E-state index in [4.69, 9.17) is 14.2 Å². The lowest BCUT2D eigenvalue weighted by Crippen LogP contribution is -2.19. The lowest BCUT2D eigenvalue weighted by Gasteiger charge is -2.22. The Morgan fingerprint density at radius 2 is 1.21 bits per heavy atom. The van der Waals surface area contributed by atoms with Gasteiger partial charge < -0.3 is 14.2 Å². The van der Waals surface area contributed by atoms with Gasteiger partial charge in [0, 0.05) is 0 Å². The van der Waals surface area contributed by atoms with Crippen LogP contribution in [-0.4, -0.2) is 12.9 Å². The van der Waals surface area contributed by atoms with Crippen LogP contribution in [0.3, 0.4) is 0 Å². The Morgan fingerprint density at radius 1 is 0.658 bits per heavy atom. The summed E-state index contributed by atoms with van der Waals surface area (Å²) in [6.45, 7) is 0.819. The Kier molecular flexibility index (Phi) is 10.3. The van der Waals surface area contributed by atoms with Gasteiger partial charge in [-0.1, -0.05) is 55.7 Å². The number of ether oxygens (including phenoxy) is 3. The predicted molar refractivity (Wildman–Crippen MR) is 171 cm³/mol. The van der Waals surface area contributed by atoms with Crippen molar-refractivity contribution in [3.05, 3.63) is 110 Å². The molecule has 6 heteroatoms. The van der Waals surface area contributed by atoms with Gasteiger partial charge in [-0.15, -0.1) is 0 Å². The highest BCUT2D eigenvalue weighted by molar-refractivity contribution is 14.1. The average molecular weight is 749 g/mol. The van der Waals surface area contributed by atoms with Gasteiger partial charge in [0.15, 0.2) is 21.5 Å². The Morgan fingerprint density at radius 3 is 1.79 bits per heavy atom. The zero-order valence-electron chi connectivity index (χ0n) is 21.2. The van der Waals surface area contributed by atoms with Crippen LogP contribution in [-0.2, 0) is 22.2 Å². The third-order valence-corrected chi connectivity index (χ3v) is 10.4. The van der Waals surface area contributed by atoms with Crippen molar-refractivity contribution in [1.29, 1.82) is 0 Å². The summed E-state index contributed by atoms with van der Waals surface area (Å²) >= 11 is 4.69. The minimum Gasteiger partial charge on any atom is -0.489 e. The van der Waals surface area contributed by atoms with Crippen molar-refractivity contribution in [3.63, 3.8) is 0 Å². The quantitative estimate of drug-likeness (QED) is 0.0920. The summed E-state index contributed by atoms with van der Waals surface area (Å²) in [5.74, 6) is 1.76. The van der Waals surface area contributed by atoms with Crippen LogP contribution in [0.1, 0.15) is 37.7 Å². The monoisotopic (exact) mass is 749 g/mol. The molecule has 0 saturated heterocycles. The highest BCUT2D eigenvalue weighted by Crippen LogP contribution is 2.33. The number of hydrogen-bond donors (Lipinski definition) is 0. The van der Waals surface area contributed by atoms with Gasteiger partial charge in [-0.05, 0) is 124 Å². The molecule has 0 unspecified atom stereocenters. The predicted octanol–water partition coefficient (Wildman–Crippen LogP) is 9.26. The van der Waals surface area contributed by atoms with E-state index in [9.17, 15) is 0 Å². The third kappa shape index (κ3) is 7.46. The molecule has 1 aliphatic carbocycles. The van der Waals surface area contributed by atoms with E-state index in [0.717, 1.165) is 37.0 Å². The van der Waals surface area contributed by atoms with Gasteiger partial charge in [-0.2, -0.15) is 0 Å². The van der Waals surface area contributed by atoms with E-state index in [-0.39, 0.29) is 10.9 Å². The fourth-order valence-corrected chi connectivity index (χ4v) is 8.91. The molecule has 0 atom stereocenters. The normalized spacial score (nSPS) is 14.0. The molecule has 1 saturated carbocycles. The summed E-state index contributed by atoms with van der Waals surface area (Å²) < 4.78 is 20.3. The topological polar surface area (TPSA) is 27.7 Å². The van der Waals surface area contributed by atoms with E-state index >= 15 is 0 Å². The summed E-state index contributed by atoms with van der Waals surface area (Å²) in [6.07, 6.45) is 6.49. The van der Waals surface area contributed by atoms with Crippen molar-refractivity contribution in [2.75, 3.05) is 6.79 Å². The van der Waals surface area contributed by atoms with Crippen LogP contribution in [0.25, 0.3) is 0 Å². The molecule has 0 amide bonds. The van der Waals surface area contributed by atoms with Gasteiger partial charge in [0.05, 0.1) is 24.1 Å². The lowest BCUT2D eigenvalue weighted by molar-refractivity contribution is -0.0503. The van der Waals surface area contributed by atoms with Crippen LogP contribution in [0, 0.1) is 7.14 Å². The molecule has 0 bridgehead atoms. The van der Waals surface area contributed by atoms with E-state index in [1.54, 1.807) is 0 Å². The molecule has 0 aliphatic heterocycles. The van der Waals surface area contributed by atoms with Crippen molar-refractivity contribution >= 4 is 56.1 Å². The first-order chi connectivity index (χ1) is 18.7. The highest BCUT2D eigenvalue weighted by atomic mass is 127. The second kappa shape index (κ2) is 14.1. The van der Waals surface area contributed by atoms with Gasteiger partial charge in [0.25, 0.3) is 0 Å². The van der Waals surface area contributed by atoms with E-state index in [1.165, 1.54) is 33.9 Å². The number of rotatable bonds is 10. The van der Waals surface area contributed by atoms with Crippen LogP contribution in [0.15, 0.2) is 112 Å². The van der Waals surface area contributed by atoms with Gasteiger partial charge in [0.2, 0.25) is 0 Å². The van der Waals surface area contributed by atoms with E-state index in [2.05, 4.69) is 142 Å². The molecular formula is C32H31I2O3S+. The molecule has 0 spiro atoms. The van der Waals surface area contributed by atoms with Crippen LogP contribution in [0.5, 0.6) is 11.5 Å². The second-order valence-corrected chi connectivity index (χ2v) is 13.6. The Balaban J connectivity index is 1.22. The van der Waals surface area contributed by atoms with Crippen LogP contribution >= 0.6 is 45.2 Å². The maximum absolute atomic E-state index is 6.18. The molecular weight excluding hydrogens is 718 g/mol. The van der Waals surface area contributed by atoms with Crippen LogP contribution < -0.4 is 9.47 Å². The summed E-state index contributed by atoms with van der Waals surface area (Å²) in [5.41, 5.74) is 1.12. The molecule has 0 N–H and O–H groups in total. The van der Waals surface area contributed by atoms with Crippen molar-refractivity contribution in [3.8, 4) is 11.5 Å². The molecule has 0 aromatic heterocycles. The van der Waals surface area contributed by atoms with Crippen molar-refractivity contribution in [2.24, 2.45) is 0 Å². The zero-order chi connectivity index (χ0) is 26.2. The highest BCUT2D eigenvalue weighted by Gasteiger charge is 2.28. The van der Waals surface area contributed by atoms with Crippen molar-refractivity contribution < 1.29 is 14.2 Å². The van der Waals surface area contributed by atoms with E-state index in [1.807, 2.05) is 0 Å². The van der Waals surface area contributed by atoms with Gasteiger partial charge in [0.1, 0.15) is 18.1 Å². The summed E-state index contributed by atoms with van der Waals surface area (Å²) in [4.78, 5) is 3.89. The fourth-order valence-electron chi connectivity index (χ4n) is 4.61. The number of hydrogen-bond acceptors (Lipinski definition) is 3. The minimum atomic E-state index is -0.158. The smallest absolute Gasteiger partial charge is 0.189 e. The molecule has 3 nitrogen and oxygen atoms in total.